The zero-order valence-electron chi connectivity index (χ0n) is 17.3. The van der Waals surface area contributed by atoms with Gasteiger partial charge in [0.05, 0.1) is 17.5 Å². The molecule has 7 nitrogen and oxygen atoms in total. The fraction of sp³-hybridized carbons (Fsp3) is 0.208. The summed E-state index contributed by atoms with van der Waals surface area (Å²) in [6, 6.07) is 23.4. The van der Waals surface area contributed by atoms with Gasteiger partial charge < -0.3 is 19.6 Å². The van der Waals surface area contributed by atoms with E-state index in [2.05, 4.69) is 0 Å². The van der Waals surface area contributed by atoms with Crippen molar-refractivity contribution in [2.24, 2.45) is 0 Å². The lowest BCUT2D eigenvalue weighted by Gasteiger charge is -2.25. The number of carboxylic acid groups (broad SMARTS) is 1. The lowest BCUT2D eigenvalue weighted by atomic mass is 10.2. The summed E-state index contributed by atoms with van der Waals surface area (Å²) in [6.07, 6.45) is -1.52. The number of aliphatic hydroxyl groups is 1. The van der Waals surface area contributed by atoms with Gasteiger partial charge in [0.1, 0.15) is 0 Å². The molecule has 3 aromatic carbocycles. The monoisotopic (exact) mass is 451 g/mol. The van der Waals surface area contributed by atoms with Crippen molar-refractivity contribution < 1.29 is 23.4 Å². The van der Waals surface area contributed by atoms with E-state index in [-0.39, 0.29) is 24.5 Å². The molecule has 0 spiro atoms. The maximum Gasteiger partial charge on any atom is 0.243 e. The quantitative estimate of drug-likeness (QED) is 0.419. The number of carbonyl (C=O) groups is 1. The highest BCUT2D eigenvalue weighted by atomic mass is 32.2. The molecule has 0 fully saturated rings. The fourth-order valence-electron chi connectivity index (χ4n) is 3.97. The number of carbonyl (C=O) groups excluding carboxylic acids is 1. The second kappa shape index (κ2) is 9.12. The highest BCUT2D eigenvalue weighted by molar-refractivity contribution is 7.89. The molecule has 0 aliphatic heterocycles. The molecule has 1 aromatic heterocycles. The Hall–Kier alpha value is -3.20. The molecule has 0 amide bonds. The van der Waals surface area contributed by atoms with Gasteiger partial charge in [0.2, 0.25) is 10.0 Å². The van der Waals surface area contributed by atoms with Crippen LogP contribution in [0.1, 0.15) is 6.42 Å². The molecule has 0 aliphatic carbocycles. The maximum atomic E-state index is 13.1. The van der Waals surface area contributed by atoms with Gasteiger partial charge in [-0.1, -0.05) is 54.6 Å². The Morgan fingerprint density at radius 1 is 0.906 bits per heavy atom. The molecular weight excluding hydrogens is 428 g/mol. The van der Waals surface area contributed by atoms with Crippen LogP contribution >= 0.6 is 0 Å². The summed E-state index contributed by atoms with van der Waals surface area (Å²) in [5.74, 6) is -1.35. The van der Waals surface area contributed by atoms with Crippen molar-refractivity contribution in [3.63, 3.8) is 0 Å². The molecule has 0 bridgehead atoms. The predicted octanol–water partition coefficient (Wildman–Crippen LogP) is 1.99. The number of sulfonamides is 1. The average molecular weight is 452 g/mol. The van der Waals surface area contributed by atoms with Gasteiger partial charge in [-0.25, -0.2) is 8.42 Å². The van der Waals surface area contributed by atoms with Gasteiger partial charge in [-0.15, -0.1) is 0 Å². The molecule has 1 heterocycles. The Bertz CT molecular complexity index is 1300. The molecule has 0 aliphatic rings. The highest BCUT2D eigenvalue weighted by Crippen LogP contribution is 2.29. The second-order valence-corrected chi connectivity index (χ2v) is 9.53. The highest BCUT2D eigenvalue weighted by Gasteiger charge is 2.27. The van der Waals surface area contributed by atoms with Crippen LogP contribution < -0.4 is 5.11 Å². The number of aliphatic carboxylic acids is 1. The first-order chi connectivity index (χ1) is 15.4. The van der Waals surface area contributed by atoms with E-state index in [1.54, 1.807) is 18.2 Å². The van der Waals surface area contributed by atoms with E-state index < -0.39 is 28.5 Å². The fourth-order valence-corrected chi connectivity index (χ4v) is 5.47. The third-order valence-electron chi connectivity index (χ3n) is 5.43. The number of hydrogen-bond donors (Lipinski definition) is 1. The zero-order chi connectivity index (χ0) is 22.7. The Labute approximate surface area is 186 Å². The summed E-state index contributed by atoms with van der Waals surface area (Å²) < 4.78 is 29.2. The summed E-state index contributed by atoms with van der Waals surface area (Å²) in [7, 11) is -3.98. The van der Waals surface area contributed by atoms with Crippen LogP contribution in [0.15, 0.2) is 83.8 Å². The van der Waals surface area contributed by atoms with Crippen molar-refractivity contribution in [1.82, 2.24) is 8.87 Å². The Kier molecular flexibility index (Phi) is 6.27. The van der Waals surface area contributed by atoms with E-state index in [9.17, 15) is 23.4 Å². The average Bonchev–Trinajstić information content (AvgIpc) is 3.11. The Morgan fingerprint density at radius 3 is 2.00 bits per heavy atom. The lowest BCUT2D eigenvalue weighted by molar-refractivity contribution is -0.305. The molecule has 0 radical (unpaired) electrons. The van der Waals surface area contributed by atoms with Crippen molar-refractivity contribution in [3.8, 4) is 0 Å². The Morgan fingerprint density at radius 2 is 1.44 bits per heavy atom. The van der Waals surface area contributed by atoms with Gasteiger partial charge >= 0.3 is 0 Å². The van der Waals surface area contributed by atoms with Gasteiger partial charge in [-0.2, -0.15) is 4.31 Å². The van der Waals surface area contributed by atoms with E-state index in [0.29, 0.717) is 0 Å². The summed E-state index contributed by atoms with van der Waals surface area (Å²) in [5.41, 5.74) is 1.86. The number of fused-ring (bicyclic) bond motifs is 3. The predicted molar refractivity (Wildman–Crippen MR) is 120 cm³/mol. The summed E-state index contributed by atoms with van der Waals surface area (Å²) in [4.78, 5) is 11.0. The van der Waals surface area contributed by atoms with Crippen LogP contribution in [0.5, 0.6) is 0 Å². The third kappa shape index (κ3) is 4.38. The Balaban J connectivity index is 1.64. The largest absolute Gasteiger partial charge is 0.550 e. The number of hydrogen-bond acceptors (Lipinski definition) is 5. The molecular formula is C24H23N2O5S-. The smallest absolute Gasteiger partial charge is 0.243 e. The van der Waals surface area contributed by atoms with Gasteiger partial charge in [-0.3, -0.25) is 0 Å². The standard InChI is InChI=1S/C24H24N2O5S/c27-18(16-25(15-14-24(28)29)32(30,31)19-8-2-1-3-9-19)17-26-22-12-6-4-10-20(22)21-11-5-7-13-23(21)26/h1-13,18,27H,14-17H2,(H,28,29)/p-1. The summed E-state index contributed by atoms with van der Waals surface area (Å²) >= 11 is 0. The van der Waals surface area contributed by atoms with Gasteiger partial charge in [-0.05, 0) is 24.3 Å². The molecule has 4 aromatic rings. The van der Waals surface area contributed by atoms with Gasteiger partial charge in [0.15, 0.2) is 0 Å². The summed E-state index contributed by atoms with van der Waals surface area (Å²) in [5, 5.41) is 24.0. The molecule has 1 N–H and O–H groups in total. The number of rotatable bonds is 9. The van der Waals surface area contributed by atoms with Crippen LogP contribution in [-0.4, -0.2) is 47.6 Å². The molecule has 32 heavy (non-hydrogen) atoms. The normalized spacial score (nSPS) is 13.1. The van der Waals surface area contributed by atoms with Crippen LogP contribution in [0, 0.1) is 0 Å². The first-order valence-corrected chi connectivity index (χ1v) is 11.7. The number of carboxylic acids is 1. The van der Waals surface area contributed by atoms with Crippen LogP contribution in [0.3, 0.4) is 0 Å². The van der Waals surface area contributed by atoms with E-state index in [1.165, 1.54) is 12.1 Å². The second-order valence-electron chi connectivity index (χ2n) is 7.60. The van der Waals surface area contributed by atoms with Gasteiger partial charge in [0.25, 0.3) is 0 Å². The van der Waals surface area contributed by atoms with Crippen molar-refractivity contribution >= 4 is 37.8 Å². The number of benzene rings is 3. The lowest BCUT2D eigenvalue weighted by Crippen LogP contribution is -2.41. The van der Waals surface area contributed by atoms with Crippen LogP contribution in [0.2, 0.25) is 0 Å². The first-order valence-electron chi connectivity index (χ1n) is 10.3. The third-order valence-corrected chi connectivity index (χ3v) is 7.31. The molecule has 1 atom stereocenters. The van der Waals surface area contributed by atoms with Crippen molar-refractivity contribution in [1.29, 1.82) is 0 Å². The van der Waals surface area contributed by atoms with Crippen LogP contribution in [0.4, 0.5) is 0 Å². The van der Waals surface area contributed by atoms with Crippen molar-refractivity contribution in [2.75, 3.05) is 13.1 Å². The van der Waals surface area contributed by atoms with Crippen molar-refractivity contribution in [2.45, 2.75) is 24.0 Å². The molecule has 4 rings (SSSR count). The van der Waals surface area contributed by atoms with Crippen molar-refractivity contribution in [3.05, 3.63) is 78.9 Å². The topological polar surface area (TPSA) is 103 Å². The molecule has 8 heteroatoms. The number of nitrogens with zero attached hydrogens (tertiary/aromatic N) is 2. The minimum atomic E-state index is -3.98. The number of para-hydroxylation sites is 2. The van der Waals surface area contributed by atoms with E-state index in [4.69, 9.17) is 0 Å². The van der Waals surface area contributed by atoms with E-state index in [0.717, 1.165) is 26.1 Å². The first kappa shape index (κ1) is 22.0. The number of aliphatic hydroxyl groups excluding tert-OH is 1. The van der Waals surface area contributed by atoms with Crippen LogP contribution in [0.25, 0.3) is 21.8 Å². The molecule has 166 valence electrons. The van der Waals surface area contributed by atoms with Crippen LogP contribution in [-0.2, 0) is 21.4 Å². The number of aromatic nitrogens is 1. The van der Waals surface area contributed by atoms with E-state index >= 15 is 0 Å². The molecule has 1 unspecified atom stereocenters. The minimum Gasteiger partial charge on any atom is -0.550 e. The van der Waals surface area contributed by atoms with Gasteiger partial charge in [0, 0.05) is 47.3 Å². The SMILES string of the molecule is O=C([O-])CCN(CC(O)Cn1c2ccccc2c2ccccc21)S(=O)(=O)c1ccccc1. The zero-order valence-corrected chi connectivity index (χ0v) is 18.1. The summed E-state index contributed by atoms with van der Waals surface area (Å²) in [6.45, 7) is -0.380. The van der Waals surface area contributed by atoms with E-state index in [1.807, 2.05) is 53.1 Å². The molecule has 0 saturated heterocycles. The minimum absolute atomic E-state index is 0.0439. The maximum absolute atomic E-state index is 13.1. The molecule has 0 saturated carbocycles.